The zero-order valence-corrected chi connectivity index (χ0v) is 11.5. The topological polar surface area (TPSA) is 72.2 Å². The van der Waals surface area contributed by atoms with E-state index in [9.17, 15) is 9.59 Å². The maximum absolute atomic E-state index is 11.3. The quantitative estimate of drug-likeness (QED) is 0.764. The third kappa shape index (κ3) is 5.23. The predicted octanol–water partition coefficient (Wildman–Crippen LogP) is 1.39. The van der Waals surface area contributed by atoms with Crippen molar-refractivity contribution < 1.29 is 9.59 Å². The molecule has 0 aromatic heterocycles. The Hall–Kier alpha value is -1.49. The molecule has 0 aliphatic heterocycles. The van der Waals surface area contributed by atoms with Crippen LogP contribution >= 0.6 is 11.8 Å². The van der Waals surface area contributed by atoms with Crippen LogP contribution in [0.3, 0.4) is 0 Å². The number of carbonyl (C=O) groups excluding carboxylic acids is 2. The lowest BCUT2D eigenvalue weighted by Gasteiger charge is -2.05. The summed E-state index contributed by atoms with van der Waals surface area (Å²) in [4.78, 5) is 23.0. The maximum atomic E-state index is 11.3. The number of benzene rings is 1. The number of nitrogens with two attached hydrogens (primary N) is 1. The number of nitrogens with one attached hydrogen (secondary N) is 1. The molecule has 0 unspecified atom stereocenters. The molecule has 0 aliphatic rings. The monoisotopic (exact) mass is 266 g/mol. The molecule has 0 atom stereocenters. The number of hydrogen-bond acceptors (Lipinski definition) is 3. The molecule has 1 rings (SSSR count). The number of primary amides is 1. The van der Waals surface area contributed by atoms with E-state index in [0.717, 1.165) is 4.90 Å². The normalized spacial score (nSPS) is 10.1. The molecule has 0 radical (unpaired) electrons. The van der Waals surface area contributed by atoms with Crippen LogP contribution in [-0.4, -0.2) is 24.1 Å². The zero-order chi connectivity index (χ0) is 13.5. The van der Waals surface area contributed by atoms with Gasteiger partial charge in [0.2, 0.25) is 11.8 Å². The standard InChI is InChI=1S/C13H18N2O2S/c1-9-3-4-11(7-10(9)2)18-6-5-13(17)15-8-12(14)16/h3-4,7H,5-6,8H2,1-2H3,(H2,14,16)(H,15,17). The summed E-state index contributed by atoms with van der Waals surface area (Å²) in [6.45, 7) is 4.05. The smallest absolute Gasteiger partial charge is 0.236 e. The lowest BCUT2D eigenvalue weighted by Crippen LogP contribution is -2.33. The Bertz CT molecular complexity index is 447. The number of amides is 2. The molecule has 0 aliphatic carbocycles. The van der Waals surface area contributed by atoms with E-state index in [1.807, 2.05) is 6.07 Å². The molecule has 0 spiro atoms. The minimum atomic E-state index is -0.523. The average Bonchev–Trinajstić information content (AvgIpc) is 2.31. The predicted molar refractivity (Wildman–Crippen MR) is 73.5 cm³/mol. The van der Waals surface area contributed by atoms with Gasteiger partial charge in [-0.25, -0.2) is 0 Å². The Morgan fingerprint density at radius 1 is 1.28 bits per heavy atom. The fraction of sp³-hybridized carbons (Fsp3) is 0.385. The summed E-state index contributed by atoms with van der Waals surface area (Å²) >= 11 is 1.63. The van der Waals surface area contributed by atoms with Crippen LogP contribution in [-0.2, 0) is 9.59 Å². The zero-order valence-electron chi connectivity index (χ0n) is 10.7. The van der Waals surface area contributed by atoms with Crippen LogP contribution in [0.15, 0.2) is 23.1 Å². The Morgan fingerprint density at radius 3 is 2.61 bits per heavy atom. The van der Waals surface area contributed by atoms with E-state index in [4.69, 9.17) is 5.73 Å². The molecular formula is C13H18N2O2S. The summed E-state index contributed by atoms with van der Waals surface area (Å²) in [5.41, 5.74) is 7.44. The van der Waals surface area contributed by atoms with Crippen molar-refractivity contribution in [1.82, 2.24) is 5.32 Å². The molecule has 0 saturated carbocycles. The fourth-order valence-electron chi connectivity index (χ4n) is 1.34. The molecule has 1 aromatic rings. The number of carbonyl (C=O) groups is 2. The third-order valence-electron chi connectivity index (χ3n) is 2.54. The Kier molecular flexibility index (Phi) is 5.71. The van der Waals surface area contributed by atoms with Crippen molar-refractivity contribution in [2.24, 2.45) is 5.73 Å². The second kappa shape index (κ2) is 7.06. The first kappa shape index (κ1) is 14.6. The molecule has 0 heterocycles. The molecule has 18 heavy (non-hydrogen) atoms. The molecular weight excluding hydrogens is 248 g/mol. The minimum Gasteiger partial charge on any atom is -0.368 e. The van der Waals surface area contributed by atoms with Crippen LogP contribution < -0.4 is 11.1 Å². The van der Waals surface area contributed by atoms with Crippen molar-refractivity contribution in [2.45, 2.75) is 25.2 Å². The Morgan fingerprint density at radius 2 is 2.00 bits per heavy atom. The number of rotatable bonds is 6. The highest BCUT2D eigenvalue weighted by Crippen LogP contribution is 2.21. The molecule has 5 heteroatoms. The van der Waals surface area contributed by atoms with Gasteiger partial charge in [-0.05, 0) is 37.1 Å². The van der Waals surface area contributed by atoms with Gasteiger partial charge >= 0.3 is 0 Å². The second-order valence-corrected chi connectivity index (χ2v) is 5.26. The van der Waals surface area contributed by atoms with E-state index in [0.29, 0.717) is 12.2 Å². The summed E-state index contributed by atoms with van der Waals surface area (Å²) < 4.78 is 0. The number of aryl methyl sites for hydroxylation is 2. The van der Waals surface area contributed by atoms with Gasteiger partial charge in [0.15, 0.2) is 0 Å². The average molecular weight is 266 g/mol. The molecule has 3 N–H and O–H groups in total. The first-order valence-corrected chi connectivity index (χ1v) is 6.72. The largest absolute Gasteiger partial charge is 0.368 e. The van der Waals surface area contributed by atoms with Crippen molar-refractivity contribution in [2.75, 3.05) is 12.3 Å². The van der Waals surface area contributed by atoms with Crippen LogP contribution in [0, 0.1) is 13.8 Å². The van der Waals surface area contributed by atoms with E-state index in [1.54, 1.807) is 11.8 Å². The molecule has 0 fully saturated rings. The molecule has 4 nitrogen and oxygen atoms in total. The van der Waals surface area contributed by atoms with Crippen LogP contribution in [0.2, 0.25) is 0 Å². The Balaban J connectivity index is 2.30. The minimum absolute atomic E-state index is 0.0901. The maximum Gasteiger partial charge on any atom is 0.236 e. The van der Waals surface area contributed by atoms with Gasteiger partial charge in [-0.15, -0.1) is 11.8 Å². The fourth-order valence-corrected chi connectivity index (χ4v) is 2.29. The first-order valence-electron chi connectivity index (χ1n) is 5.74. The van der Waals surface area contributed by atoms with Crippen LogP contribution in [0.4, 0.5) is 0 Å². The van der Waals surface area contributed by atoms with Crippen molar-refractivity contribution in [3.63, 3.8) is 0 Å². The number of thioether (sulfide) groups is 1. The molecule has 0 saturated heterocycles. The van der Waals surface area contributed by atoms with Crippen LogP contribution in [0.1, 0.15) is 17.5 Å². The number of hydrogen-bond donors (Lipinski definition) is 2. The van der Waals surface area contributed by atoms with Gasteiger partial charge < -0.3 is 11.1 Å². The van der Waals surface area contributed by atoms with Gasteiger partial charge in [-0.2, -0.15) is 0 Å². The van der Waals surface area contributed by atoms with Crippen molar-refractivity contribution >= 4 is 23.6 Å². The van der Waals surface area contributed by atoms with Gasteiger partial charge in [0.1, 0.15) is 0 Å². The summed E-state index contributed by atoms with van der Waals surface area (Å²) in [7, 11) is 0. The molecule has 2 amide bonds. The molecule has 1 aromatic carbocycles. The van der Waals surface area contributed by atoms with E-state index in [2.05, 4.69) is 31.3 Å². The van der Waals surface area contributed by atoms with Crippen molar-refractivity contribution in [1.29, 1.82) is 0 Å². The Labute approximate surface area is 111 Å². The van der Waals surface area contributed by atoms with Crippen LogP contribution in [0.25, 0.3) is 0 Å². The van der Waals surface area contributed by atoms with E-state index in [-0.39, 0.29) is 12.5 Å². The van der Waals surface area contributed by atoms with E-state index >= 15 is 0 Å². The van der Waals surface area contributed by atoms with Crippen molar-refractivity contribution in [3.05, 3.63) is 29.3 Å². The highest BCUT2D eigenvalue weighted by atomic mass is 32.2. The van der Waals surface area contributed by atoms with E-state index in [1.165, 1.54) is 11.1 Å². The highest BCUT2D eigenvalue weighted by Gasteiger charge is 2.03. The lowest BCUT2D eigenvalue weighted by molar-refractivity contribution is -0.124. The highest BCUT2D eigenvalue weighted by molar-refractivity contribution is 7.99. The SMILES string of the molecule is Cc1ccc(SCCC(=O)NCC(N)=O)cc1C. The summed E-state index contributed by atoms with van der Waals surface area (Å²) in [5.74, 6) is 0.0166. The van der Waals surface area contributed by atoms with Gasteiger partial charge in [0.25, 0.3) is 0 Å². The first-order chi connectivity index (χ1) is 8.49. The summed E-state index contributed by atoms with van der Waals surface area (Å²) in [5, 5.41) is 2.46. The van der Waals surface area contributed by atoms with Gasteiger partial charge in [-0.3, -0.25) is 9.59 Å². The summed E-state index contributed by atoms with van der Waals surface area (Å²) in [6, 6.07) is 6.24. The van der Waals surface area contributed by atoms with Gasteiger partial charge in [0.05, 0.1) is 6.54 Å². The molecule has 98 valence electrons. The van der Waals surface area contributed by atoms with Gasteiger partial charge in [0, 0.05) is 17.1 Å². The second-order valence-electron chi connectivity index (χ2n) is 4.09. The summed E-state index contributed by atoms with van der Waals surface area (Å²) in [6.07, 6.45) is 0.380. The van der Waals surface area contributed by atoms with Gasteiger partial charge in [-0.1, -0.05) is 6.07 Å². The molecule has 0 bridgehead atoms. The third-order valence-corrected chi connectivity index (χ3v) is 3.53. The van der Waals surface area contributed by atoms with Crippen molar-refractivity contribution in [3.8, 4) is 0 Å². The van der Waals surface area contributed by atoms with E-state index < -0.39 is 5.91 Å². The van der Waals surface area contributed by atoms with Crippen LogP contribution in [0.5, 0.6) is 0 Å². The lowest BCUT2D eigenvalue weighted by atomic mass is 10.1.